The van der Waals surface area contributed by atoms with Crippen LogP contribution in [0.4, 0.5) is 5.82 Å². The van der Waals surface area contributed by atoms with E-state index in [2.05, 4.69) is 25.7 Å². The molecule has 0 atom stereocenters. The van der Waals surface area contributed by atoms with Crippen LogP contribution in [-0.2, 0) is 0 Å². The lowest BCUT2D eigenvalue weighted by Crippen LogP contribution is -1.95. The summed E-state index contributed by atoms with van der Waals surface area (Å²) < 4.78 is 5.14. The van der Waals surface area contributed by atoms with Crippen molar-refractivity contribution in [3.63, 3.8) is 0 Å². The van der Waals surface area contributed by atoms with Crippen molar-refractivity contribution in [3.05, 3.63) is 18.0 Å². The van der Waals surface area contributed by atoms with Gasteiger partial charge in [-0.15, -0.1) is 10.2 Å². The van der Waals surface area contributed by atoms with Crippen LogP contribution >= 0.6 is 0 Å². The molecule has 0 unspecified atom stereocenters. The molecule has 1 aliphatic rings. The molecule has 2 aromatic heterocycles. The lowest BCUT2D eigenvalue weighted by atomic mass is 10.3. The van der Waals surface area contributed by atoms with E-state index in [9.17, 15) is 0 Å². The molecule has 2 heterocycles. The molecular weight excluding hydrogens is 206 g/mol. The first-order valence-electron chi connectivity index (χ1n) is 5.22. The van der Waals surface area contributed by atoms with Gasteiger partial charge in [0.05, 0.1) is 0 Å². The number of anilines is 1. The van der Waals surface area contributed by atoms with Crippen molar-refractivity contribution in [2.24, 2.45) is 0 Å². The van der Waals surface area contributed by atoms with E-state index in [4.69, 9.17) is 4.52 Å². The molecule has 3 rings (SSSR count). The van der Waals surface area contributed by atoms with Gasteiger partial charge in [0.1, 0.15) is 5.82 Å². The van der Waals surface area contributed by atoms with Crippen LogP contribution in [0.2, 0.25) is 0 Å². The quantitative estimate of drug-likeness (QED) is 0.838. The van der Waals surface area contributed by atoms with Crippen LogP contribution in [0.3, 0.4) is 0 Å². The van der Waals surface area contributed by atoms with Crippen LogP contribution in [0, 0.1) is 0 Å². The molecule has 0 saturated heterocycles. The maximum Gasteiger partial charge on any atom is 0.278 e. The molecule has 0 aliphatic heterocycles. The third-order valence-corrected chi connectivity index (χ3v) is 2.52. The SMILES string of the molecule is CNc1ccc(-c2nc(C3CC3)no2)nn1. The summed E-state index contributed by atoms with van der Waals surface area (Å²) in [5, 5.41) is 14.8. The molecule has 1 fully saturated rings. The number of hydrogen-bond acceptors (Lipinski definition) is 6. The fourth-order valence-electron chi connectivity index (χ4n) is 1.43. The van der Waals surface area contributed by atoms with Crippen LogP contribution in [0.25, 0.3) is 11.6 Å². The first-order chi connectivity index (χ1) is 7.86. The van der Waals surface area contributed by atoms with Gasteiger partial charge in [0, 0.05) is 13.0 Å². The topological polar surface area (TPSA) is 76.7 Å². The third-order valence-electron chi connectivity index (χ3n) is 2.52. The summed E-state index contributed by atoms with van der Waals surface area (Å²) in [7, 11) is 1.79. The maximum atomic E-state index is 5.14. The van der Waals surface area contributed by atoms with E-state index in [0.29, 0.717) is 23.3 Å². The van der Waals surface area contributed by atoms with E-state index in [1.54, 1.807) is 7.05 Å². The second-order valence-electron chi connectivity index (χ2n) is 3.79. The second-order valence-corrected chi connectivity index (χ2v) is 3.79. The van der Waals surface area contributed by atoms with E-state index < -0.39 is 0 Å². The molecule has 82 valence electrons. The Morgan fingerprint density at radius 3 is 2.81 bits per heavy atom. The predicted molar refractivity (Wildman–Crippen MR) is 56.8 cm³/mol. The monoisotopic (exact) mass is 217 g/mol. The predicted octanol–water partition coefficient (Wildman–Crippen LogP) is 1.45. The lowest BCUT2D eigenvalue weighted by molar-refractivity contribution is 0.421. The fourth-order valence-corrected chi connectivity index (χ4v) is 1.43. The van der Waals surface area contributed by atoms with Crippen molar-refractivity contribution in [1.29, 1.82) is 0 Å². The second kappa shape index (κ2) is 3.55. The Balaban J connectivity index is 1.88. The van der Waals surface area contributed by atoms with Crippen molar-refractivity contribution >= 4 is 5.82 Å². The summed E-state index contributed by atoms with van der Waals surface area (Å²) in [5.74, 6) is 2.43. The summed E-state index contributed by atoms with van der Waals surface area (Å²) in [6.07, 6.45) is 2.31. The van der Waals surface area contributed by atoms with Crippen LogP contribution in [0.1, 0.15) is 24.6 Å². The van der Waals surface area contributed by atoms with Gasteiger partial charge in [-0.2, -0.15) is 4.98 Å². The molecule has 16 heavy (non-hydrogen) atoms. The Kier molecular flexibility index (Phi) is 2.05. The van der Waals surface area contributed by atoms with E-state index >= 15 is 0 Å². The molecule has 0 spiro atoms. The summed E-state index contributed by atoms with van der Waals surface area (Å²) in [6.45, 7) is 0. The van der Waals surface area contributed by atoms with Gasteiger partial charge in [-0.3, -0.25) is 0 Å². The van der Waals surface area contributed by atoms with Crippen LogP contribution in [0.5, 0.6) is 0 Å². The third kappa shape index (κ3) is 1.62. The molecule has 0 aromatic carbocycles. The highest BCUT2D eigenvalue weighted by Gasteiger charge is 2.29. The van der Waals surface area contributed by atoms with E-state index in [0.717, 1.165) is 18.7 Å². The zero-order chi connectivity index (χ0) is 11.0. The number of nitrogens with zero attached hydrogens (tertiary/aromatic N) is 4. The highest BCUT2D eigenvalue weighted by atomic mass is 16.5. The summed E-state index contributed by atoms with van der Waals surface area (Å²) in [4.78, 5) is 4.30. The molecule has 6 heteroatoms. The molecule has 1 aliphatic carbocycles. The van der Waals surface area contributed by atoms with E-state index in [1.807, 2.05) is 12.1 Å². The standard InChI is InChI=1S/C10H11N5O/c1-11-8-5-4-7(13-14-8)10-12-9(15-16-10)6-2-3-6/h4-6H,2-3H2,1H3,(H,11,14). The highest BCUT2D eigenvalue weighted by molar-refractivity contribution is 5.48. The Bertz CT molecular complexity index is 488. The zero-order valence-corrected chi connectivity index (χ0v) is 8.84. The molecule has 0 radical (unpaired) electrons. The number of nitrogens with one attached hydrogen (secondary N) is 1. The fraction of sp³-hybridized carbons (Fsp3) is 0.400. The van der Waals surface area contributed by atoms with E-state index in [-0.39, 0.29) is 0 Å². The van der Waals surface area contributed by atoms with Gasteiger partial charge in [0.15, 0.2) is 11.5 Å². The van der Waals surface area contributed by atoms with Gasteiger partial charge >= 0.3 is 0 Å². The minimum absolute atomic E-state index is 0.442. The minimum atomic E-state index is 0.442. The molecule has 1 N–H and O–H groups in total. The smallest absolute Gasteiger partial charge is 0.278 e. The molecule has 2 aromatic rings. The zero-order valence-electron chi connectivity index (χ0n) is 8.84. The maximum absolute atomic E-state index is 5.14. The summed E-state index contributed by atoms with van der Waals surface area (Å²) in [6, 6.07) is 3.63. The van der Waals surface area contributed by atoms with Crippen molar-refractivity contribution in [2.45, 2.75) is 18.8 Å². The highest BCUT2D eigenvalue weighted by Crippen LogP contribution is 2.38. The van der Waals surface area contributed by atoms with Gasteiger partial charge in [-0.05, 0) is 25.0 Å². The first-order valence-corrected chi connectivity index (χ1v) is 5.22. The van der Waals surface area contributed by atoms with Gasteiger partial charge in [-0.1, -0.05) is 5.16 Å². The van der Waals surface area contributed by atoms with Gasteiger partial charge < -0.3 is 9.84 Å². The largest absolute Gasteiger partial charge is 0.372 e. The van der Waals surface area contributed by atoms with Gasteiger partial charge in [0.2, 0.25) is 0 Å². The van der Waals surface area contributed by atoms with E-state index in [1.165, 1.54) is 0 Å². The summed E-state index contributed by atoms with van der Waals surface area (Å²) in [5.41, 5.74) is 0.610. The van der Waals surface area contributed by atoms with Crippen molar-refractivity contribution in [2.75, 3.05) is 12.4 Å². The van der Waals surface area contributed by atoms with Gasteiger partial charge in [0.25, 0.3) is 5.89 Å². The first kappa shape index (κ1) is 9.26. The average molecular weight is 217 g/mol. The molecule has 0 amide bonds. The molecular formula is C10H11N5O. The van der Waals surface area contributed by atoms with Crippen LogP contribution < -0.4 is 5.32 Å². The van der Waals surface area contributed by atoms with Gasteiger partial charge in [-0.25, -0.2) is 0 Å². The number of aromatic nitrogens is 4. The minimum Gasteiger partial charge on any atom is -0.372 e. The lowest BCUT2D eigenvalue weighted by Gasteiger charge is -1.96. The molecule has 1 saturated carbocycles. The van der Waals surface area contributed by atoms with Crippen molar-refractivity contribution < 1.29 is 4.52 Å². The van der Waals surface area contributed by atoms with Crippen molar-refractivity contribution in [3.8, 4) is 11.6 Å². The Morgan fingerprint density at radius 1 is 1.31 bits per heavy atom. The Morgan fingerprint density at radius 2 is 2.19 bits per heavy atom. The normalized spacial score (nSPS) is 15.1. The van der Waals surface area contributed by atoms with Crippen molar-refractivity contribution in [1.82, 2.24) is 20.3 Å². The van der Waals surface area contributed by atoms with Crippen LogP contribution in [0.15, 0.2) is 16.7 Å². The number of hydrogen-bond donors (Lipinski definition) is 1. The Hall–Kier alpha value is -1.98. The van der Waals surface area contributed by atoms with Crippen LogP contribution in [-0.4, -0.2) is 27.4 Å². The average Bonchev–Trinajstić information content (AvgIpc) is 3.08. The number of rotatable bonds is 3. The molecule has 6 nitrogen and oxygen atoms in total. The summed E-state index contributed by atoms with van der Waals surface area (Å²) >= 11 is 0. The Labute approximate surface area is 92.1 Å². The molecule has 0 bridgehead atoms.